The summed E-state index contributed by atoms with van der Waals surface area (Å²) in [7, 11) is 0. The predicted molar refractivity (Wildman–Crippen MR) is 107 cm³/mol. The van der Waals surface area contributed by atoms with Gasteiger partial charge < -0.3 is 5.32 Å². The van der Waals surface area contributed by atoms with Gasteiger partial charge in [-0.2, -0.15) is 0 Å². The molecule has 0 fully saturated rings. The van der Waals surface area contributed by atoms with Crippen LogP contribution >= 0.6 is 0 Å². The second-order valence-corrected chi connectivity index (χ2v) is 6.12. The van der Waals surface area contributed by atoms with E-state index < -0.39 is 0 Å². The third-order valence-electron chi connectivity index (χ3n) is 4.15. The summed E-state index contributed by atoms with van der Waals surface area (Å²) in [5.74, 6) is 0.319. The number of hydrogen-bond acceptors (Lipinski definition) is 4. The normalized spacial score (nSPS) is 10.3. The number of nitrogens with zero attached hydrogens (tertiary/aromatic N) is 2. The van der Waals surface area contributed by atoms with Crippen molar-refractivity contribution >= 4 is 23.2 Å². The van der Waals surface area contributed by atoms with Crippen molar-refractivity contribution in [3.63, 3.8) is 0 Å². The van der Waals surface area contributed by atoms with E-state index in [-0.39, 0.29) is 6.03 Å². The van der Waals surface area contributed by atoms with Crippen LogP contribution in [-0.4, -0.2) is 22.8 Å². The van der Waals surface area contributed by atoms with Gasteiger partial charge in [0.15, 0.2) is 5.82 Å². The largest absolute Gasteiger partial charge is 0.337 e. The number of carbonyl (C=O) groups is 1. The van der Waals surface area contributed by atoms with Crippen molar-refractivity contribution in [3.05, 3.63) is 84.1 Å². The number of hydrogen-bond donors (Lipinski definition) is 3. The number of aromatic nitrogens is 1. The van der Waals surface area contributed by atoms with E-state index in [9.17, 15) is 10.0 Å². The maximum atomic E-state index is 12.9. The second-order valence-electron chi connectivity index (χ2n) is 6.12. The lowest BCUT2D eigenvalue weighted by Gasteiger charge is -2.24. The molecule has 3 N–H and O–H groups in total. The molecule has 0 atom stereocenters. The Morgan fingerprint density at radius 2 is 1.78 bits per heavy atom. The standard InChI is InChI=1S/C21H22N4O2/c1-16-9-11-17(12-10-16)13-15-23-21(26)25(18-6-3-2-4-7-18)20-19(24-27)8-5-14-22-20/h2-12,14,24,27H,13,15H2,1H3,(H,23,26). The van der Waals surface area contributed by atoms with E-state index in [0.717, 1.165) is 12.0 Å². The Morgan fingerprint density at radius 1 is 1.04 bits per heavy atom. The highest BCUT2D eigenvalue weighted by molar-refractivity contribution is 6.01. The van der Waals surface area contributed by atoms with Gasteiger partial charge in [0.2, 0.25) is 0 Å². The smallest absolute Gasteiger partial charge is 0.327 e. The third-order valence-corrected chi connectivity index (χ3v) is 4.15. The van der Waals surface area contributed by atoms with Crippen molar-refractivity contribution in [2.45, 2.75) is 13.3 Å². The molecule has 0 saturated carbocycles. The van der Waals surface area contributed by atoms with Crippen molar-refractivity contribution < 1.29 is 10.0 Å². The first-order valence-electron chi connectivity index (χ1n) is 8.72. The molecular weight excluding hydrogens is 340 g/mol. The highest BCUT2D eigenvalue weighted by Gasteiger charge is 2.21. The fraction of sp³-hybridized carbons (Fsp3) is 0.143. The Kier molecular flexibility index (Phi) is 6.02. The molecule has 2 aromatic carbocycles. The molecule has 0 aliphatic rings. The summed E-state index contributed by atoms with van der Waals surface area (Å²) in [6.45, 7) is 2.53. The molecule has 2 amide bonds. The Bertz CT molecular complexity index is 882. The number of carbonyl (C=O) groups excluding carboxylic acids is 1. The fourth-order valence-corrected chi connectivity index (χ4v) is 2.72. The average molecular weight is 362 g/mol. The fourth-order valence-electron chi connectivity index (χ4n) is 2.72. The first-order chi connectivity index (χ1) is 13.2. The number of anilines is 3. The molecule has 27 heavy (non-hydrogen) atoms. The lowest BCUT2D eigenvalue weighted by molar-refractivity contribution is 0.248. The van der Waals surface area contributed by atoms with E-state index in [1.807, 2.05) is 37.3 Å². The van der Waals surface area contributed by atoms with Gasteiger partial charge >= 0.3 is 6.03 Å². The monoisotopic (exact) mass is 362 g/mol. The first kappa shape index (κ1) is 18.4. The highest BCUT2D eigenvalue weighted by Crippen LogP contribution is 2.29. The van der Waals surface area contributed by atoms with Gasteiger partial charge in [-0.3, -0.25) is 10.7 Å². The molecule has 6 heteroatoms. The molecule has 0 bridgehead atoms. The number of pyridine rings is 1. The van der Waals surface area contributed by atoms with Gasteiger partial charge in [0.1, 0.15) is 5.69 Å². The predicted octanol–water partition coefficient (Wildman–Crippen LogP) is 4.28. The number of rotatable bonds is 6. The van der Waals surface area contributed by atoms with Crippen LogP contribution in [0.1, 0.15) is 11.1 Å². The second kappa shape index (κ2) is 8.82. The SMILES string of the molecule is Cc1ccc(CCNC(=O)N(c2ccccc2)c2ncccc2NO)cc1. The summed E-state index contributed by atoms with van der Waals surface area (Å²) in [6.07, 6.45) is 2.30. The molecular formula is C21H22N4O2. The summed E-state index contributed by atoms with van der Waals surface area (Å²) in [5, 5.41) is 12.3. The zero-order valence-corrected chi connectivity index (χ0v) is 15.1. The minimum Gasteiger partial charge on any atom is -0.337 e. The van der Waals surface area contributed by atoms with Crippen molar-refractivity contribution in [1.29, 1.82) is 0 Å². The van der Waals surface area contributed by atoms with Gasteiger partial charge in [-0.25, -0.2) is 14.7 Å². The Hall–Kier alpha value is -3.38. The van der Waals surface area contributed by atoms with E-state index in [1.165, 1.54) is 10.5 Å². The molecule has 0 unspecified atom stereocenters. The minimum absolute atomic E-state index is 0.316. The summed E-state index contributed by atoms with van der Waals surface area (Å²) >= 11 is 0. The van der Waals surface area contributed by atoms with Crippen LogP contribution in [0.3, 0.4) is 0 Å². The minimum atomic E-state index is -0.316. The van der Waals surface area contributed by atoms with Gasteiger partial charge in [-0.05, 0) is 43.2 Å². The summed E-state index contributed by atoms with van der Waals surface area (Å²) in [6, 6.07) is 20.4. The number of aryl methyl sites for hydroxylation is 1. The Morgan fingerprint density at radius 3 is 2.48 bits per heavy atom. The van der Waals surface area contributed by atoms with Crippen molar-refractivity contribution in [3.8, 4) is 0 Å². The van der Waals surface area contributed by atoms with Crippen LogP contribution in [0.25, 0.3) is 0 Å². The molecule has 3 aromatic rings. The Balaban J connectivity index is 1.78. The molecule has 0 radical (unpaired) electrons. The molecule has 138 valence electrons. The van der Waals surface area contributed by atoms with Crippen LogP contribution in [0.4, 0.5) is 22.0 Å². The van der Waals surface area contributed by atoms with E-state index in [1.54, 1.807) is 18.3 Å². The molecule has 1 aromatic heterocycles. The third kappa shape index (κ3) is 4.62. The van der Waals surface area contributed by atoms with E-state index in [2.05, 4.69) is 40.0 Å². The van der Waals surface area contributed by atoms with Gasteiger partial charge in [0.25, 0.3) is 0 Å². The van der Waals surface area contributed by atoms with Crippen molar-refractivity contribution in [2.24, 2.45) is 0 Å². The van der Waals surface area contributed by atoms with Crippen LogP contribution in [-0.2, 0) is 6.42 Å². The quantitative estimate of drug-likeness (QED) is 0.572. The van der Waals surface area contributed by atoms with Crippen LogP contribution in [0.5, 0.6) is 0 Å². The van der Waals surface area contributed by atoms with Crippen LogP contribution in [0, 0.1) is 6.92 Å². The highest BCUT2D eigenvalue weighted by atomic mass is 16.5. The molecule has 0 aliphatic carbocycles. The molecule has 0 aliphatic heterocycles. The number of amides is 2. The van der Waals surface area contributed by atoms with Gasteiger partial charge in [-0.15, -0.1) is 0 Å². The first-order valence-corrected chi connectivity index (χ1v) is 8.72. The van der Waals surface area contributed by atoms with Gasteiger partial charge in [0, 0.05) is 12.7 Å². The maximum Gasteiger partial charge on any atom is 0.327 e. The lowest BCUT2D eigenvalue weighted by atomic mass is 10.1. The molecule has 0 spiro atoms. The average Bonchev–Trinajstić information content (AvgIpc) is 2.71. The molecule has 6 nitrogen and oxygen atoms in total. The van der Waals surface area contributed by atoms with E-state index in [0.29, 0.717) is 23.7 Å². The molecule has 3 rings (SSSR count). The van der Waals surface area contributed by atoms with Gasteiger partial charge in [-0.1, -0.05) is 48.0 Å². The van der Waals surface area contributed by atoms with Crippen molar-refractivity contribution in [1.82, 2.24) is 10.3 Å². The van der Waals surface area contributed by atoms with E-state index >= 15 is 0 Å². The topological polar surface area (TPSA) is 77.5 Å². The maximum absolute atomic E-state index is 12.9. The van der Waals surface area contributed by atoms with E-state index in [4.69, 9.17) is 0 Å². The zero-order chi connectivity index (χ0) is 19.1. The van der Waals surface area contributed by atoms with Crippen LogP contribution in [0.2, 0.25) is 0 Å². The van der Waals surface area contributed by atoms with Gasteiger partial charge in [0.05, 0.1) is 5.69 Å². The molecule has 0 saturated heterocycles. The molecule has 1 heterocycles. The van der Waals surface area contributed by atoms with Crippen LogP contribution in [0.15, 0.2) is 72.9 Å². The number of benzene rings is 2. The number of nitrogens with one attached hydrogen (secondary N) is 2. The number of urea groups is 1. The Labute approximate surface area is 158 Å². The number of para-hydroxylation sites is 1. The zero-order valence-electron chi connectivity index (χ0n) is 15.1. The van der Waals surface area contributed by atoms with Crippen LogP contribution < -0.4 is 15.7 Å². The van der Waals surface area contributed by atoms with Crippen molar-refractivity contribution in [2.75, 3.05) is 16.9 Å². The summed E-state index contributed by atoms with van der Waals surface area (Å²) in [5.41, 5.74) is 5.46. The summed E-state index contributed by atoms with van der Waals surface area (Å²) < 4.78 is 0. The lowest BCUT2D eigenvalue weighted by Crippen LogP contribution is -2.38. The summed E-state index contributed by atoms with van der Waals surface area (Å²) in [4.78, 5) is 18.6.